The zero-order valence-electron chi connectivity index (χ0n) is 13.0. The van der Waals surface area contributed by atoms with E-state index in [2.05, 4.69) is 5.32 Å². The van der Waals surface area contributed by atoms with Crippen LogP contribution < -0.4 is 15.8 Å². The number of amides is 1. The van der Waals surface area contributed by atoms with Gasteiger partial charge in [-0.1, -0.05) is 18.5 Å². The molecule has 7 heteroatoms. The molecule has 1 amide bonds. The highest BCUT2D eigenvalue weighted by Crippen LogP contribution is 2.24. The normalized spacial score (nSPS) is 10.2. The van der Waals surface area contributed by atoms with Crippen molar-refractivity contribution in [1.82, 2.24) is 0 Å². The molecule has 0 aromatic heterocycles. The minimum Gasteiger partial charge on any atom is -0.491 e. The number of hydrogen-bond donors (Lipinski definition) is 3. The zero-order chi connectivity index (χ0) is 17.7. The van der Waals surface area contributed by atoms with Gasteiger partial charge in [0, 0.05) is 11.3 Å². The first-order chi connectivity index (χ1) is 11.4. The second-order valence-corrected chi connectivity index (χ2v) is 5.46. The van der Waals surface area contributed by atoms with E-state index in [9.17, 15) is 9.59 Å². The molecule has 0 aliphatic heterocycles. The minimum atomic E-state index is -1.17. The second-order valence-electron chi connectivity index (χ2n) is 5.05. The molecule has 0 spiro atoms. The van der Waals surface area contributed by atoms with Crippen LogP contribution in [-0.4, -0.2) is 23.6 Å². The Morgan fingerprint density at radius 3 is 2.62 bits per heavy atom. The molecule has 0 fully saturated rings. The fraction of sp³-hybridized carbons (Fsp3) is 0.176. The Hall–Kier alpha value is -2.73. The van der Waals surface area contributed by atoms with E-state index in [1.54, 1.807) is 12.1 Å². The van der Waals surface area contributed by atoms with Crippen LogP contribution >= 0.6 is 11.6 Å². The Bertz CT molecular complexity index is 777. The number of carbonyl (C=O) groups excluding carboxylic acids is 1. The van der Waals surface area contributed by atoms with Crippen LogP contribution in [0.15, 0.2) is 36.4 Å². The van der Waals surface area contributed by atoms with Gasteiger partial charge in [0.15, 0.2) is 0 Å². The van der Waals surface area contributed by atoms with E-state index in [0.717, 1.165) is 6.42 Å². The van der Waals surface area contributed by atoms with Gasteiger partial charge in [-0.3, -0.25) is 4.79 Å². The van der Waals surface area contributed by atoms with Gasteiger partial charge in [-0.2, -0.15) is 0 Å². The number of halogens is 1. The molecule has 0 saturated carbocycles. The average molecular weight is 349 g/mol. The number of anilines is 2. The average Bonchev–Trinajstić information content (AvgIpc) is 2.55. The Labute approximate surface area is 144 Å². The molecule has 0 aliphatic rings. The van der Waals surface area contributed by atoms with Crippen molar-refractivity contribution in [3.05, 3.63) is 52.5 Å². The van der Waals surface area contributed by atoms with Crippen molar-refractivity contribution in [3.63, 3.8) is 0 Å². The second kappa shape index (κ2) is 7.70. The van der Waals surface area contributed by atoms with Crippen molar-refractivity contribution < 1.29 is 19.4 Å². The van der Waals surface area contributed by atoms with Crippen molar-refractivity contribution >= 4 is 34.9 Å². The van der Waals surface area contributed by atoms with Gasteiger partial charge in [-0.25, -0.2) is 4.79 Å². The Balaban J connectivity index is 2.16. The molecule has 0 bridgehead atoms. The van der Waals surface area contributed by atoms with E-state index < -0.39 is 11.9 Å². The summed E-state index contributed by atoms with van der Waals surface area (Å²) in [6.07, 6.45) is 0.851. The highest BCUT2D eigenvalue weighted by Gasteiger charge is 2.13. The van der Waals surface area contributed by atoms with Gasteiger partial charge in [-0.05, 0) is 42.8 Å². The van der Waals surface area contributed by atoms with Crippen LogP contribution in [-0.2, 0) is 0 Å². The van der Waals surface area contributed by atoms with Crippen LogP contribution in [0.2, 0.25) is 5.02 Å². The quantitative estimate of drug-likeness (QED) is 0.691. The van der Waals surface area contributed by atoms with Crippen molar-refractivity contribution in [2.45, 2.75) is 13.3 Å². The van der Waals surface area contributed by atoms with Gasteiger partial charge in [0.2, 0.25) is 0 Å². The molecule has 24 heavy (non-hydrogen) atoms. The van der Waals surface area contributed by atoms with Gasteiger partial charge in [0.1, 0.15) is 5.75 Å². The molecular formula is C17H17ClN2O4. The van der Waals surface area contributed by atoms with Crippen LogP contribution in [0, 0.1) is 0 Å². The summed E-state index contributed by atoms with van der Waals surface area (Å²) in [5, 5.41) is 11.8. The van der Waals surface area contributed by atoms with E-state index in [4.69, 9.17) is 27.2 Å². The Morgan fingerprint density at radius 1 is 1.25 bits per heavy atom. The Kier molecular flexibility index (Phi) is 5.65. The van der Waals surface area contributed by atoms with Crippen molar-refractivity contribution in [3.8, 4) is 5.75 Å². The van der Waals surface area contributed by atoms with Gasteiger partial charge in [-0.15, -0.1) is 0 Å². The van der Waals surface area contributed by atoms with E-state index in [1.807, 2.05) is 6.92 Å². The highest BCUT2D eigenvalue weighted by atomic mass is 35.5. The molecule has 2 rings (SSSR count). The first-order valence-electron chi connectivity index (χ1n) is 7.29. The topological polar surface area (TPSA) is 102 Å². The number of carbonyl (C=O) groups is 2. The third kappa shape index (κ3) is 4.17. The molecule has 0 atom stereocenters. The number of carboxylic acid groups (broad SMARTS) is 1. The number of hydrogen-bond acceptors (Lipinski definition) is 4. The van der Waals surface area contributed by atoms with Crippen molar-refractivity contribution in [2.75, 3.05) is 17.7 Å². The number of aromatic carboxylic acids is 1. The van der Waals surface area contributed by atoms with Gasteiger partial charge in [0.05, 0.1) is 22.9 Å². The highest BCUT2D eigenvalue weighted by molar-refractivity contribution is 6.33. The number of ether oxygens (including phenoxy) is 1. The molecule has 0 aliphatic carbocycles. The monoisotopic (exact) mass is 348 g/mol. The van der Waals surface area contributed by atoms with Crippen LogP contribution in [0.25, 0.3) is 0 Å². The molecule has 2 aromatic carbocycles. The van der Waals surface area contributed by atoms with Gasteiger partial charge >= 0.3 is 5.97 Å². The standard InChI is InChI=1S/C17H17ClN2O4/c1-2-7-24-15-6-3-10(8-14(15)19)16(21)20-11-4-5-13(18)12(9-11)17(22)23/h3-6,8-9H,2,7,19H2,1H3,(H,20,21)(H,22,23). The molecule has 0 unspecified atom stereocenters. The van der Waals surface area contributed by atoms with Crippen molar-refractivity contribution in [1.29, 1.82) is 0 Å². The number of nitrogen functional groups attached to an aromatic ring is 1. The third-order valence-corrected chi connectivity index (χ3v) is 3.52. The molecule has 4 N–H and O–H groups in total. The molecule has 0 heterocycles. The first kappa shape index (κ1) is 17.6. The SMILES string of the molecule is CCCOc1ccc(C(=O)Nc2ccc(Cl)c(C(=O)O)c2)cc1N. The maximum atomic E-state index is 12.3. The summed E-state index contributed by atoms with van der Waals surface area (Å²) in [4.78, 5) is 23.3. The molecule has 126 valence electrons. The van der Waals surface area contributed by atoms with E-state index >= 15 is 0 Å². The maximum absolute atomic E-state index is 12.3. The molecular weight excluding hydrogens is 332 g/mol. The Morgan fingerprint density at radius 2 is 2.00 bits per heavy atom. The number of nitrogens with two attached hydrogens (primary N) is 1. The third-order valence-electron chi connectivity index (χ3n) is 3.19. The fourth-order valence-electron chi connectivity index (χ4n) is 2.00. The minimum absolute atomic E-state index is 0.0858. The fourth-order valence-corrected chi connectivity index (χ4v) is 2.20. The lowest BCUT2D eigenvalue weighted by Gasteiger charge is -2.10. The number of nitrogens with one attached hydrogen (secondary N) is 1. The molecule has 0 radical (unpaired) electrons. The summed E-state index contributed by atoms with van der Waals surface area (Å²) in [5.74, 6) is -1.06. The smallest absolute Gasteiger partial charge is 0.337 e. The predicted molar refractivity (Wildman–Crippen MR) is 93.0 cm³/mol. The molecule has 6 nitrogen and oxygen atoms in total. The summed E-state index contributed by atoms with van der Waals surface area (Å²) in [6, 6.07) is 8.96. The van der Waals surface area contributed by atoms with E-state index in [-0.39, 0.29) is 10.6 Å². The number of rotatable bonds is 6. The van der Waals surface area contributed by atoms with Crippen LogP contribution in [0.3, 0.4) is 0 Å². The van der Waals surface area contributed by atoms with Crippen LogP contribution in [0.1, 0.15) is 34.1 Å². The van der Waals surface area contributed by atoms with Crippen LogP contribution in [0.4, 0.5) is 11.4 Å². The summed E-state index contributed by atoms with van der Waals surface area (Å²) in [7, 11) is 0. The number of carboxylic acids is 1. The lowest BCUT2D eigenvalue weighted by molar-refractivity contribution is 0.0696. The summed E-state index contributed by atoms with van der Waals surface area (Å²) < 4.78 is 5.46. The van der Waals surface area contributed by atoms with E-state index in [0.29, 0.717) is 29.3 Å². The van der Waals surface area contributed by atoms with E-state index in [1.165, 1.54) is 24.3 Å². The molecule has 2 aromatic rings. The maximum Gasteiger partial charge on any atom is 0.337 e. The first-order valence-corrected chi connectivity index (χ1v) is 7.66. The van der Waals surface area contributed by atoms with Gasteiger partial charge in [0.25, 0.3) is 5.91 Å². The van der Waals surface area contributed by atoms with Crippen LogP contribution in [0.5, 0.6) is 5.75 Å². The predicted octanol–water partition coefficient (Wildman–Crippen LogP) is 3.66. The summed E-state index contributed by atoms with van der Waals surface area (Å²) in [6.45, 7) is 2.52. The van der Waals surface area contributed by atoms with Gasteiger partial charge < -0.3 is 20.9 Å². The largest absolute Gasteiger partial charge is 0.491 e. The summed E-state index contributed by atoms with van der Waals surface area (Å²) >= 11 is 5.80. The molecule has 0 saturated heterocycles. The lowest BCUT2D eigenvalue weighted by atomic mass is 10.1. The van der Waals surface area contributed by atoms with Crippen molar-refractivity contribution in [2.24, 2.45) is 0 Å². The zero-order valence-corrected chi connectivity index (χ0v) is 13.8. The summed E-state index contributed by atoms with van der Waals surface area (Å²) in [5.41, 5.74) is 6.81. The lowest BCUT2D eigenvalue weighted by Crippen LogP contribution is -2.13. The number of benzene rings is 2.